The van der Waals surface area contributed by atoms with E-state index in [4.69, 9.17) is 23.8 Å². The van der Waals surface area contributed by atoms with Gasteiger partial charge >= 0.3 is 0 Å². The zero-order chi connectivity index (χ0) is 15.6. The average molecular weight is 434 g/mol. The van der Waals surface area contributed by atoms with Crippen LogP contribution in [0.4, 0.5) is 0 Å². The molecule has 0 aromatic carbocycles. The second-order valence-electron chi connectivity index (χ2n) is 4.02. The van der Waals surface area contributed by atoms with E-state index in [-0.39, 0.29) is 22.4 Å². The number of rotatable bonds is 3. The van der Waals surface area contributed by atoms with E-state index in [9.17, 15) is 9.59 Å². The summed E-state index contributed by atoms with van der Waals surface area (Å²) in [5.41, 5.74) is 0.475. The third kappa shape index (κ3) is 3.30. The lowest BCUT2D eigenvalue weighted by Gasteiger charge is -2.27. The van der Waals surface area contributed by atoms with E-state index in [1.807, 2.05) is 0 Å². The van der Waals surface area contributed by atoms with Gasteiger partial charge in [0.15, 0.2) is 5.11 Å². The highest BCUT2D eigenvalue weighted by Gasteiger charge is 2.32. The third-order valence-corrected chi connectivity index (χ3v) is 4.24. The van der Waals surface area contributed by atoms with Gasteiger partial charge in [0.1, 0.15) is 10.7 Å². The van der Waals surface area contributed by atoms with Crippen LogP contribution in [0, 0.1) is 3.57 Å². The zero-order valence-electron chi connectivity index (χ0n) is 10.6. The standard InChI is InChI=1S/C13H9ClIN3O2S/c1-2-5-18-12(20)8(11(19)17-13(18)21)6-7-9(15)3-4-16-10(7)14/h2-4,6H,1,5H2,(H,17,19,21). The van der Waals surface area contributed by atoms with Gasteiger partial charge in [-0.1, -0.05) is 17.7 Å². The molecule has 1 aromatic rings. The van der Waals surface area contributed by atoms with Crippen LogP contribution in [0.15, 0.2) is 30.5 Å². The second kappa shape index (κ2) is 6.63. The minimum Gasteiger partial charge on any atom is -0.298 e. The third-order valence-electron chi connectivity index (χ3n) is 2.67. The number of pyridine rings is 1. The highest BCUT2D eigenvalue weighted by molar-refractivity contribution is 14.1. The molecule has 0 bridgehead atoms. The Labute approximate surface area is 145 Å². The Morgan fingerprint density at radius 3 is 2.86 bits per heavy atom. The molecule has 2 amide bonds. The first-order chi connectivity index (χ1) is 9.95. The molecular formula is C13H9ClIN3O2S. The number of nitrogens with zero attached hydrogens (tertiary/aromatic N) is 2. The van der Waals surface area contributed by atoms with Crippen molar-refractivity contribution in [2.45, 2.75) is 0 Å². The predicted molar refractivity (Wildman–Crippen MR) is 92.6 cm³/mol. The second-order valence-corrected chi connectivity index (χ2v) is 5.93. The lowest BCUT2D eigenvalue weighted by Crippen LogP contribution is -2.53. The number of amides is 2. The maximum absolute atomic E-state index is 12.4. The number of nitrogens with one attached hydrogen (secondary N) is 1. The van der Waals surface area contributed by atoms with E-state index in [0.717, 1.165) is 3.57 Å². The highest BCUT2D eigenvalue weighted by Crippen LogP contribution is 2.23. The fourth-order valence-corrected chi connectivity index (χ4v) is 2.88. The summed E-state index contributed by atoms with van der Waals surface area (Å²) in [6.45, 7) is 3.78. The molecule has 1 aliphatic rings. The van der Waals surface area contributed by atoms with Gasteiger partial charge in [0.05, 0.1) is 0 Å². The first-order valence-electron chi connectivity index (χ1n) is 5.75. The van der Waals surface area contributed by atoms with Crippen molar-refractivity contribution in [2.24, 2.45) is 0 Å². The van der Waals surface area contributed by atoms with Gasteiger partial charge in [-0.2, -0.15) is 0 Å². The Kier molecular flexibility index (Phi) is 5.07. The first-order valence-corrected chi connectivity index (χ1v) is 7.62. The Morgan fingerprint density at radius 1 is 1.52 bits per heavy atom. The van der Waals surface area contributed by atoms with E-state index in [1.165, 1.54) is 17.1 Å². The molecule has 1 N–H and O–H groups in total. The van der Waals surface area contributed by atoms with Crippen LogP contribution in [-0.2, 0) is 9.59 Å². The van der Waals surface area contributed by atoms with Crippen LogP contribution in [0.25, 0.3) is 6.08 Å². The molecule has 0 spiro atoms. The monoisotopic (exact) mass is 433 g/mol. The van der Waals surface area contributed by atoms with Crippen molar-refractivity contribution < 1.29 is 9.59 Å². The van der Waals surface area contributed by atoms with E-state index >= 15 is 0 Å². The molecule has 21 heavy (non-hydrogen) atoms. The van der Waals surface area contributed by atoms with E-state index in [1.54, 1.807) is 12.3 Å². The van der Waals surface area contributed by atoms with Crippen molar-refractivity contribution in [1.82, 2.24) is 15.2 Å². The van der Waals surface area contributed by atoms with Gasteiger partial charge in [-0.15, -0.1) is 6.58 Å². The van der Waals surface area contributed by atoms with Gasteiger partial charge in [0, 0.05) is 21.9 Å². The van der Waals surface area contributed by atoms with E-state index < -0.39 is 11.8 Å². The van der Waals surface area contributed by atoms with Crippen LogP contribution in [0.3, 0.4) is 0 Å². The number of hydrogen-bond acceptors (Lipinski definition) is 4. The number of hydrogen-bond donors (Lipinski definition) is 1. The lowest BCUT2D eigenvalue weighted by atomic mass is 10.1. The smallest absolute Gasteiger partial charge is 0.265 e. The number of halogens is 2. The summed E-state index contributed by atoms with van der Waals surface area (Å²) < 4.78 is 0.782. The van der Waals surface area contributed by atoms with Crippen LogP contribution in [-0.4, -0.2) is 33.4 Å². The van der Waals surface area contributed by atoms with Crippen molar-refractivity contribution in [1.29, 1.82) is 0 Å². The SMILES string of the molecule is C=CCN1C(=O)C(=Cc2c(I)ccnc2Cl)C(=O)NC1=S. The Hall–Kier alpha value is -1.32. The molecular weight excluding hydrogens is 425 g/mol. The molecule has 8 heteroatoms. The molecule has 0 unspecified atom stereocenters. The van der Waals surface area contributed by atoms with Crippen molar-refractivity contribution in [3.63, 3.8) is 0 Å². The minimum absolute atomic E-state index is 0.0433. The number of carbonyl (C=O) groups excluding carboxylic acids is 2. The van der Waals surface area contributed by atoms with Crippen molar-refractivity contribution in [3.8, 4) is 0 Å². The van der Waals surface area contributed by atoms with Crippen LogP contribution < -0.4 is 5.32 Å². The molecule has 2 rings (SSSR count). The Balaban J connectivity index is 2.48. The summed E-state index contributed by atoms with van der Waals surface area (Å²) in [6.07, 6.45) is 4.50. The predicted octanol–water partition coefficient (Wildman–Crippen LogP) is 2.15. The van der Waals surface area contributed by atoms with Crippen LogP contribution >= 0.6 is 46.4 Å². The molecule has 0 saturated carbocycles. The normalized spacial score (nSPS) is 17.1. The van der Waals surface area contributed by atoms with Gasteiger partial charge < -0.3 is 0 Å². The topological polar surface area (TPSA) is 62.3 Å². The fourth-order valence-electron chi connectivity index (χ4n) is 1.69. The first kappa shape index (κ1) is 16.1. The summed E-state index contributed by atoms with van der Waals surface area (Å²) in [5.74, 6) is -1.04. The highest BCUT2D eigenvalue weighted by atomic mass is 127. The van der Waals surface area contributed by atoms with Crippen LogP contribution in [0.2, 0.25) is 5.15 Å². The lowest BCUT2D eigenvalue weighted by molar-refractivity contribution is -0.128. The van der Waals surface area contributed by atoms with E-state index in [2.05, 4.69) is 39.5 Å². The zero-order valence-corrected chi connectivity index (χ0v) is 14.3. The summed E-state index contributed by atoms with van der Waals surface area (Å²) in [5, 5.41) is 2.75. The molecule has 0 atom stereocenters. The molecule has 2 heterocycles. The maximum Gasteiger partial charge on any atom is 0.265 e. The summed E-state index contributed by atoms with van der Waals surface area (Å²) >= 11 is 13.0. The van der Waals surface area contributed by atoms with Crippen molar-refractivity contribution in [3.05, 3.63) is 44.8 Å². The molecule has 1 aliphatic heterocycles. The fraction of sp³-hybridized carbons (Fsp3) is 0.0769. The Morgan fingerprint density at radius 2 is 2.24 bits per heavy atom. The van der Waals surface area contributed by atoms with Gasteiger partial charge in [-0.3, -0.25) is 19.8 Å². The molecule has 0 radical (unpaired) electrons. The quantitative estimate of drug-likeness (QED) is 0.198. The number of carbonyl (C=O) groups is 2. The maximum atomic E-state index is 12.4. The molecule has 1 aromatic heterocycles. The van der Waals surface area contributed by atoms with Gasteiger partial charge in [0.25, 0.3) is 11.8 Å². The molecule has 108 valence electrons. The van der Waals surface area contributed by atoms with Crippen molar-refractivity contribution >= 4 is 69.4 Å². The number of aromatic nitrogens is 1. The van der Waals surface area contributed by atoms with Crippen molar-refractivity contribution in [2.75, 3.05) is 6.54 Å². The molecule has 1 fully saturated rings. The summed E-state index contributed by atoms with van der Waals surface area (Å²) in [7, 11) is 0. The van der Waals surface area contributed by atoms with Gasteiger partial charge in [-0.05, 0) is 47.0 Å². The van der Waals surface area contributed by atoms with Crippen LogP contribution in [0.5, 0.6) is 0 Å². The molecule has 1 saturated heterocycles. The largest absolute Gasteiger partial charge is 0.298 e. The van der Waals surface area contributed by atoms with Gasteiger partial charge in [0.2, 0.25) is 0 Å². The molecule has 5 nitrogen and oxygen atoms in total. The minimum atomic E-state index is -0.555. The Bertz CT molecular complexity index is 670. The molecule has 0 aliphatic carbocycles. The summed E-state index contributed by atoms with van der Waals surface area (Å²) in [4.78, 5) is 29.5. The van der Waals surface area contributed by atoms with Gasteiger partial charge in [-0.25, -0.2) is 4.98 Å². The summed E-state index contributed by atoms with van der Waals surface area (Å²) in [6, 6.07) is 1.73. The number of thiocarbonyl (C=S) groups is 1. The van der Waals surface area contributed by atoms with E-state index in [0.29, 0.717) is 5.56 Å². The van der Waals surface area contributed by atoms with Crippen LogP contribution in [0.1, 0.15) is 5.56 Å². The average Bonchev–Trinajstić information content (AvgIpc) is 2.42.